The molecule has 106 valence electrons. The van der Waals surface area contributed by atoms with Gasteiger partial charge in [-0.3, -0.25) is 9.59 Å². The van der Waals surface area contributed by atoms with Crippen LogP contribution in [0.15, 0.2) is 0 Å². The highest BCUT2D eigenvalue weighted by Crippen LogP contribution is 2.43. The first-order valence-electron chi connectivity index (χ1n) is 6.10. The number of aliphatic carboxylic acids is 2. The molecule has 0 aromatic heterocycles. The van der Waals surface area contributed by atoms with E-state index in [-0.39, 0.29) is 12.8 Å². The number of hydrogen-bond donors (Lipinski definition) is 2. The molecule has 0 spiro atoms. The molecule has 2 N–H and O–H groups in total. The fourth-order valence-corrected chi connectivity index (χ4v) is 2.41. The third kappa shape index (κ3) is 3.51. The minimum atomic E-state index is -1.97. The van der Waals surface area contributed by atoms with Crippen LogP contribution >= 0.6 is 23.2 Å². The third-order valence-electron chi connectivity index (χ3n) is 3.06. The molecule has 0 saturated carbocycles. The lowest BCUT2D eigenvalue weighted by Gasteiger charge is -2.36. The second kappa shape index (κ2) is 7.19. The normalized spacial score (nSPS) is 17.8. The van der Waals surface area contributed by atoms with E-state index in [0.717, 1.165) is 12.8 Å². The highest BCUT2D eigenvalue weighted by molar-refractivity contribution is 6.47. The van der Waals surface area contributed by atoms with Gasteiger partial charge in [0.05, 0.1) is 0 Å². The summed E-state index contributed by atoms with van der Waals surface area (Å²) in [4.78, 5) is 18.8. The number of unbranched alkanes of at least 4 members (excludes halogenated alkanes) is 2. The SMILES string of the molecule is CCCCC(Cl)(C(=O)O)C(Cl)(CCCC)C(=O)O. The lowest BCUT2D eigenvalue weighted by molar-refractivity contribution is -0.150. The number of alkyl halides is 2. The molecule has 0 aliphatic heterocycles. The van der Waals surface area contributed by atoms with Crippen molar-refractivity contribution in [3.05, 3.63) is 0 Å². The van der Waals surface area contributed by atoms with E-state index in [0.29, 0.717) is 12.8 Å². The van der Waals surface area contributed by atoms with Crippen molar-refractivity contribution in [3.8, 4) is 0 Å². The molecule has 2 atom stereocenters. The van der Waals surface area contributed by atoms with Gasteiger partial charge >= 0.3 is 11.9 Å². The first kappa shape index (κ1) is 17.5. The number of halogens is 2. The van der Waals surface area contributed by atoms with E-state index in [1.54, 1.807) is 0 Å². The van der Waals surface area contributed by atoms with Gasteiger partial charge < -0.3 is 10.2 Å². The summed E-state index contributed by atoms with van der Waals surface area (Å²) in [5.74, 6) is -2.74. The number of carboxylic acid groups (broad SMARTS) is 2. The molecular weight excluding hydrogens is 279 g/mol. The van der Waals surface area contributed by atoms with Crippen LogP contribution < -0.4 is 0 Å². The van der Waals surface area contributed by atoms with Crippen molar-refractivity contribution in [3.63, 3.8) is 0 Å². The number of carbonyl (C=O) groups is 2. The van der Waals surface area contributed by atoms with Gasteiger partial charge in [-0.25, -0.2) is 0 Å². The molecule has 0 rings (SSSR count). The zero-order chi connectivity index (χ0) is 14.4. The Balaban J connectivity index is 5.34. The van der Waals surface area contributed by atoms with E-state index in [9.17, 15) is 19.8 Å². The molecule has 0 fully saturated rings. The first-order chi connectivity index (χ1) is 8.26. The summed E-state index contributed by atoms with van der Waals surface area (Å²) in [6.45, 7) is 3.75. The van der Waals surface area contributed by atoms with Crippen LogP contribution in [0.4, 0.5) is 0 Å². The molecule has 0 aromatic rings. The summed E-state index contributed by atoms with van der Waals surface area (Å²) in [5, 5.41) is 18.5. The lowest BCUT2D eigenvalue weighted by atomic mass is 9.82. The van der Waals surface area contributed by atoms with Gasteiger partial charge in [-0.2, -0.15) is 0 Å². The maximum Gasteiger partial charge on any atom is 0.327 e. The molecule has 18 heavy (non-hydrogen) atoms. The Labute approximate surface area is 117 Å². The molecule has 0 amide bonds. The smallest absolute Gasteiger partial charge is 0.327 e. The monoisotopic (exact) mass is 298 g/mol. The van der Waals surface area contributed by atoms with E-state index in [1.165, 1.54) is 0 Å². The summed E-state index contributed by atoms with van der Waals surface area (Å²) in [6.07, 6.45) is 2.57. The summed E-state index contributed by atoms with van der Waals surface area (Å²) >= 11 is 12.2. The number of carboxylic acids is 2. The molecule has 0 aliphatic rings. The lowest BCUT2D eigenvalue weighted by Crippen LogP contribution is -2.56. The minimum absolute atomic E-state index is 0.0416. The summed E-state index contributed by atoms with van der Waals surface area (Å²) in [6, 6.07) is 0. The molecule has 0 heterocycles. The second-order valence-corrected chi connectivity index (χ2v) is 5.71. The molecule has 0 radical (unpaired) electrons. The van der Waals surface area contributed by atoms with Gasteiger partial charge in [0.2, 0.25) is 0 Å². The predicted molar refractivity (Wildman–Crippen MR) is 71.5 cm³/mol. The largest absolute Gasteiger partial charge is 0.480 e. The van der Waals surface area contributed by atoms with Crippen LogP contribution in [-0.4, -0.2) is 31.9 Å². The van der Waals surface area contributed by atoms with Gasteiger partial charge in [0, 0.05) is 0 Å². The highest BCUT2D eigenvalue weighted by Gasteiger charge is 2.59. The predicted octanol–water partition coefficient (Wildman–Crippen LogP) is 3.49. The van der Waals surface area contributed by atoms with Crippen LogP contribution in [0.25, 0.3) is 0 Å². The van der Waals surface area contributed by atoms with Gasteiger partial charge in [0.25, 0.3) is 0 Å². The van der Waals surface area contributed by atoms with Crippen LogP contribution in [0.2, 0.25) is 0 Å². The van der Waals surface area contributed by atoms with Gasteiger partial charge in [-0.15, -0.1) is 23.2 Å². The fourth-order valence-electron chi connectivity index (χ4n) is 1.79. The molecule has 4 nitrogen and oxygen atoms in total. The standard InChI is InChI=1S/C12H20Cl2O4/c1-3-5-7-11(13,9(15)16)12(14,10(17)18)8-6-4-2/h3-8H2,1-2H3,(H,15,16)(H,17,18). The topological polar surface area (TPSA) is 74.6 Å². The van der Waals surface area contributed by atoms with Crippen molar-refractivity contribution in [2.24, 2.45) is 0 Å². The van der Waals surface area contributed by atoms with Crippen molar-refractivity contribution in [1.82, 2.24) is 0 Å². The van der Waals surface area contributed by atoms with Crippen LogP contribution in [0.3, 0.4) is 0 Å². The van der Waals surface area contributed by atoms with Crippen LogP contribution in [0, 0.1) is 0 Å². The fraction of sp³-hybridized carbons (Fsp3) is 0.833. The van der Waals surface area contributed by atoms with Crippen molar-refractivity contribution in [1.29, 1.82) is 0 Å². The molecule has 0 bridgehead atoms. The zero-order valence-electron chi connectivity index (χ0n) is 10.7. The second-order valence-electron chi connectivity index (χ2n) is 4.42. The number of rotatable bonds is 9. The summed E-state index contributed by atoms with van der Waals surface area (Å²) in [5.41, 5.74) is 0. The van der Waals surface area contributed by atoms with Crippen LogP contribution in [-0.2, 0) is 9.59 Å². The van der Waals surface area contributed by atoms with Crippen LogP contribution in [0.5, 0.6) is 0 Å². The van der Waals surface area contributed by atoms with E-state index >= 15 is 0 Å². The number of hydrogen-bond acceptors (Lipinski definition) is 2. The average molecular weight is 299 g/mol. The Hall–Kier alpha value is -0.480. The van der Waals surface area contributed by atoms with Gasteiger partial charge in [-0.05, 0) is 12.8 Å². The molecular formula is C12H20Cl2O4. The Kier molecular flexibility index (Phi) is 7.00. The van der Waals surface area contributed by atoms with E-state index in [4.69, 9.17) is 23.2 Å². The van der Waals surface area contributed by atoms with Gasteiger partial charge in [0.1, 0.15) is 0 Å². The van der Waals surface area contributed by atoms with E-state index in [1.807, 2.05) is 13.8 Å². The van der Waals surface area contributed by atoms with Crippen LogP contribution in [0.1, 0.15) is 52.4 Å². The quantitative estimate of drug-likeness (QED) is 0.639. The first-order valence-corrected chi connectivity index (χ1v) is 6.86. The Bertz CT molecular complexity index is 278. The Morgan fingerprint density at radius 2 is 1.17 bits per heavy atom. The molecule has 0 saturated heterocycles. The van der Waals surface area contributed by atoms with E-state index < -0.39 is 21.7 Å². The van der Waals surface area contributed by atoms with E-state index in [2.05, 4.69) is 0 Å². The van der Waals surface area contributed by atoms with Gasteiger partial charge in [0.15, 0.2) is 9.75 Å². The summed E-state index contributed by atoms with van der Waals surface area (Å²) < 4.78 is 0. The zero-order valence-corrected chi connectivity index (χ0v) is 12.2. The highest BCUT2D eigenvalue weighted by atomic mass is 35.5. The molecule has 0 aliphatic carbocycles. The average Bonchev–Trinajstić information content (AvgIpc) is 2.32. The van der Waals surface area contributed by atoms with Crippen molar-refractivity contribution in [2.75, 3.05) is 0 Å². The maximum atomic E-state index is 11.4. The van der Waals surface area contributed by atoms with Crippen molar-refractivity contribution in [2.45, 2.75) is 62.1 Å². The molecule has 2 unspecified atom stereocenters. The van der Waals surface area contributed by atoms with Crippen molar-refractivity contribution < 1.29 is 19.8 Å². The molecule has 6 heteroatoms. The summed E-state index contributed by atoms with van der Waals surface area (Å²) in [7, 11) is 0. The Morgan fingerprint density at radius 3 is 1.33 bits per heavy atom. The maximum absolute atomic E-state index is 11.4. The minimum Gasteiger partial charge on any atom is -0.480 e. The molecule has 0 aromatic carbocycles. The third-order valence-corrected chi connectivity index (χ3v) is 4.50. The van der Waals surface area contributed by atoms with Gasteiger partial charge in [-0.1, -0.05) is 39.5 Å². The van der Waals surface area contributed by atoms with Crippen molar-refractivity contribution >= 4 is 35.1 Å². The Morgan fingerprint density at radius 1 is 0.889 bits per heavy atom.